The Morgan fingerprint density at radius 1 is 0.958 bits per heavy atom. The van der Waals surface area contributed by atoms with E-state index in [1.807, 2.05) is 30.3 Å². The Labute approximate surface area is 136 Å². The standard InChI is InChI=1S/C16H13N5O3/c17-20-13(10-6-7-12(22)15(24)14(10)23)16-19-11(8-18-21-16)9-4-2-1-3-5-9/h1-8,22-24H,17H2/b20-13+. The van der Waals surface area contributed by atoms with E-state index in [0.717, 1.165) is 5.56 Å². The lowest BCUT2D eigenvalue weighted by atomic mass is 10.1. The molecule has 3 aromatic rings. The zero-order valence-electron chi connectivity index (χ0n) is 12.3. The fourth-order valence-corrected chi connectivity index (χ4v) is 2.16. The Kier molecular flexibility index (Phi) is 3.94. The third-order valence-electron chi connectivity index (χ3n) is 3.35. The second kappa shape index (κ2) is 6.21. The van der Waals surface area contributed by atoms with E-state index in [1.165, 1.54) is 18.3 Å². The van der Waals surface area contributed by atoms with Crippen molar-refractivity contribution in [3.8, 4) is 28.5 Å². The number of hydrazone groups is 1. The maximum Gasteiger partial charge on any atom is 0.203 e. The molecular formula is C16H13N5O3. The van der Waals surface area contributed by atoms with Crippen LogP contribution in [0.25, 0.3) is 11.3 Å². The molecule has 0 radical (unpaired) electrons. The van der Waals surface area contributed by atoms with Crippen molar-refractivity contribution in [2.45, 2.75) is 0 Å². The van der Waals surface area contributed by atoms with Gasteiger partial charge in [0.1, 0.15) is 5.71 Å². The van der Waals surface area contributed by atoms with Gasteiger partial charge in [0.05, 0.1) is 17.5 Å². The molecule has 3 rings (SSSR count). The zero-order valence-corrected chi connectivity index (χ0v) is 12.3. The first-order chi connectivity index (χ1) is 11.6. The molecule has 0 aliphatic carbocycles. The maximum atomic E-state index is 10.0. The molecule has 24 heavy (non-hydrogen) atoms. The summed E-state index contributed by atoms with van der Waals surface area (Å²) in [4.78, 5) is 4.34. The lowest BCUT2D eigenvalue weighted by Crippen LogP contribution is -2.13. The highest BCUT2D eigenvalue weighted by atomic mass is 16.3. The number of phenolic OH excluding ortho intramolecular Hbond substituents is 3. The highest BCUT2D eigenvalue weighted by Crippen LogP contribution is 2.37. The van der Waals surface area contributed by atoms with Crippen molar-refractivity contribution >= 4 is 5.71 Å². The molecule has 0 aliphatic heterocycles. The molecule has 0 bridgehead atoms. The predicted octanol–water partition coefficient (Wildman–Crippen LogP) is 1.37. The molecule has 5 N–H and O–H groups in total. The Bertz CT molecular complexity index is 913. The van der Waals surface area contributed by atoms with E-state index in [2.05, 4.69) is 20.3 Å². The minimum absolute atomic E-state index is 0.0214. The third-order valence-corrected chi connectivity index (χ3v) is 3.35. The van der Waals surface area contributed by atoms with Crippen molar-refractivity contribution < 1.29 is 15.3 Å². The lowest BCUT2D eigenvalue weighted by molar-refractivity contribution is 0.367. The van der Waals surface area contributed by atoms with Crippen LogP contribution >= 0.6 is 0 Å². The number of hydrogen-bond acceptors (Lipinski definition) is 8. The number of hydrogen-bond donors (Lipinski definition) is 4. The Balaban J connectivity index is 2.09. The van der Waals surface area contributed by atoms with Crippen LogP contribution in [-0.2, 0) is 0 Å². The first kappa shape index (κ1) is 15.2. The van der Waals surface area contributed by atoms with Gasteiger partial charge in [-0.3, -0.25) is 0 Å². The van der Waals surface area contributed by atoms with Crippen LogP contribution in [-0.4, -0.2) is 36.2 Å². The fraction of sp³-hybridized carbons (Fsp3) is 0. The molecule has 0 saturated carbocycles. The van der Waals surface area contributed by atoms with Gasteiger partial charge in [0.25, 0.3) is 0 Å². The normalized spacial score (nSPS) is 11.4. The number of nitrogens with two attached hydrogens (primary N) is 1. The summed E-state index contributed by atoms with van der Waals surface area (Å²) in [5.41, 5.74) is 1.46. The molecule has 0 unspecified atom stereocenters. The summed E-state index contributed by atoms with van der Waals surface area (Å²) in [6, 6.07) is 11.9. The molecule has 0 atom stereocenters. The highest BCUT2D eigenvalue weighted by molar-refractivity contribution is 6.12. The molecule has 1 heterocycles. The molecule has 120 valence electrons. The topological polar surface area (TPSA) is 138 Å². The van der Waals surface area contributed by atoms with Crippen LogP contribution in [0.1, 0.15) is 11.4 Å². The number of nitrogens with zero attached hydrogens (tertiary/aromatic N) is 4. The average Bonchev–Trinajstić information content (AvgIpc) is 2.63. The van der Waals surface area contributed by atoms with Gasteiger partial charge in [-0.2, -0.15) is 10.2 Å². The Morgan fingerprint density at radius 2 is 1.71 bits per heavy atom. The maximum absolute atomic E-state index is 10.0. The summed E-state index contributed by atoms with van der Waals surface area (Å²) >= 11 is 0. The number of rotatable bonds is 3. The molecule has 0 aliphatic rings. The van der Waals surface area contributed by atoms with E-state index in [9.17, 15) is 15.3 Å². The van der Waals surface area contributed by atoms with E-state index in [4.69, 9.17) is 5.84 Å². The first-order valence-electron chi connectivity index (χ1n) is 6.89. The smallest absolute Gasteiger partial charge is 0.203 e. The van der Waals surface area contributed by atoms with Crippen molar-refractivity contribution in [2.24, 2.45) is 10.9 Å². The van der Waals surface area contributed by atoms with Crippen LogP contribution in [0.4, 0.5) is 0 Å². The van der Waals surface area contributed by atoms with E-state index < -0.39 is 17.2 Å². The van der Waals surface area contributed by atoms with Crippen molar-refractivity contribution in [3.63, 3.8) is 0 Å². The summed E-state index contributed by atoms with van der Waals surface area (Å²) in [7, 11) is 0. The molecule has 0 amide bonds. The molecule has 0 spiro atoms. The quantitative estimate of drug-likeness (QED) is 0.247. The number of phenols is 3. The van der Waals surface area contributed by atoms with Crippen LogP contribution < -0.4 is 5.84 Å². The Morgan fingerprint density at radius 3 is 2.42 bits per heavy atom. The molecule has 2 aromatic carbocycles. The summed E-state index contributed by atoms with van der Waals surface area (Å²) in [5.74, 6) is 3.75. The van der Waals surface area contributed by atoms with E-state index >= 15 is 0 Å². The first-order valence-corrected chi connectivity index (χ1v) is 6.89. The molecule has 8 nitrogen and oxygen atoms in total. The van der Waals surface area contributed by atoms with Crippen LogP contribution in [0, 0.1) is 0 Å². The number of aromatic hydroxyl groups is 3. The molecule has 1 aromatic heterocycles. The minimum atomic E-state index is -0.680. The zero-order chi connectivity index (χ0) is 17.1. The summed E-state index contributed by atoms with van der Waals surface area (Å²) in [6.45, 7) is 0. The second-order valence-corrected chi connectivity index (χ2v) is 4.84. The Hall–Kier alpha value is -3.68. The number of aromatic nitrogens is 3. The van der Waals surface area contributed by atoms with Crippen molar-refractivity contribution in [1.82, 2.24) is 15.2 Å². The summed E-state index contributed by atoms with van der Waals surface area (Å²) in [6.07, 6.45) is 1.49. The largest absolute Gasteiger partial charge is 0.504 e. The van der Waals surface area contributed by atoms with Gasteiger partial charge >= 0.3 is 0 Å². The fourth-order valence-electron chi connectivity index (χ4n) is 2.16. The van der Waals surface area contributed by atoms with Crippen LogP contribution in [0.2, 0.25) is 0 Å². The van der Waals surface area contributed by atoms with Gasteiger partial charge in [-0.25, -0.2) is 4.98 Å². The summed E-state index contributed by atoms with van der Waals surface area (Å²) < 4.78 is 0. The number of benzene rings is 2. The van der Waals surface area contributed by atoms with E-state index in [1.54, 1.807) is 0 Å². The average molecular weight is 323 g/mol. The van der Waals surface area contributed by atoms with Gasteiger partial charge < -0.3 is 21.2 Å². The molecular weight excluding hydrogens is 310 g/mol. The highest BCUT2D eigenvalue weighted by Gasteiger charge is 2.20. The monoisotopic (exact) mass is 323 g/mol. The van der Waals surface area contributed by atoms with Crippen molar-refractivity contribution in [2.75, 3.05) is 0 Å². The molecule has 8 heteroatoms. The lowest BCUT2D eigenvalue weighted by Gasteiger charge is -2.09. The van der Waals surface area contributed by atoms with Gasteiger partial charge in [-0.15, -0.1) is 5.10 Å². The second-order valence-electron chi connectivity index (χ2n) is 4.84. The van der Waals surface area contributed by atoms with Crippen LogP contribution in [0.3, 0.4) is 0 Å². The van der Waals surface area contributed by atoms with Crippen molar-refractivity contribution in [1.29, 1.82) is 0 Å². The van der Waals surface area contributed by atoms with Crippen molar-refractivity contribution in [3.05, 3.63) is 60.0 Å². The van der Waals surface area contributed by atoms with Crippen LogP contribution in [0.5, 0.6) is 17.2 Å². The van der Waals surface area contributed by atoms with Gasteiger partial charge in [0, 0.05) is 5.56 Å². The van der Waals surface area contributed by atoms with Gasteiger partial charge in [-0.1, -0.05) is 30.3 Å². The summed E-state index contributed by atoms with van der Waals surface area (Å²) in [5, 5.41) is 40.4. The third kappa shape index (κ3) is 2.68. The molecule has 0 saturated heterocycles. The SMILES string of the molecule is N/N=C(/c1nncc(-c2ccccc2)n1)c1ccc(O)c(O)c1O. The van der Waals surface area contributed by atoms with E-state index in [-0.39, 0.29) is 17.1 Å². The van der Waals surface area contributed by atoms with Gasteiger partial charge in [-0.05, 0) is 12.1 Å². The van der Waals surface area contributed by atoms with Gasteiger partial charge in [0.2, 0.25) is 11.6 Å². The van der Waals surface area contributed by atoms with Gasteiger partial charge in [0.15, 0.2) is 11.5 Å². The van der Waals surface area contributed by atoms with E-state index in [0.29, 0.717) is 5.69 Å². The molecule has 0 fully saturated rings. The van der Waals surface area contributed by atoms with Crippen LogP contribution in [0.15, 0.2) is 53.8 Å². The predicted molar refractivity (Wildman–Crippen MR) is 86.5 cm³/mol. The minimum Gasteiger partial charge on any atom is -0.504 e.